The summed E-state index contributed by atoms with van der Waals surface area (Å²) in [6, 6.07) is 8.74. The monoisotopic (exact) mass is 230 g/mol. The third-order valence-corrected chi connectivity index (χ3v) is 3.79. The van der Waals surface area contributed by atoms with Gasteiger partial charge in [0.25, 0.3) is 0 Å². The van der Waals surface area contributed by atoms with Crippen molar-refractivity contribution < 1.29 is 4.79 Å². The first-order chi connectivity index (χ1) is 8.34. The Morgan fingerprint density at radius 2 is 2.24 bits per heavy atom. The van der Waals surface area contributed by atoms with Gasteiger partial charge in [0.15, 0.2) is 0 Å². The number of amides is 1. The van der Waals surface area contributed by atoms with Crippen LogP contribution in [0.1, 0.15) is 24.8 Å². The van der Waals surface area contributed by atoms with Gasteiger partial charge >= 0.3 is 0 Å². The summed E-state index contributed by atoms with van der Waals surface area (Å²) in [5.41, 5.74) is 2.30. The van der Waals surface area contributed by atoms with Gasteiger partial charge in [-0.3, -0.25) is 4.79 Å². The highest BCUT2D eigenvalue weighted by atomic mass is 16.2. The lowest BCUT2D eigenvalue weighted by Crippen LogP contribution is -2.32. The molecule has 3 rings (SSSR count). The number of benzene rings is 1. The van der Waals surface area contributed by atoms with Gasteiger partial charge in [-0.2, -0.15) is 0 Å². The van der Waals surface area contributed by atoms with E-state index in [1.807, 2.05) is 17.0 Å². The molecule has 0 bridgehead atoms. The molecule has 3 nitrogen and oxygen atoms in total. The summed E-state index contributed by atoms with van der Waals surface area (Å²) >= 11 is 0. The van der Waals surface area contributed by atoms with Crippen molar-refractivity contribution in [3.63, 3.8) is 0 Å². The fourth-order valence-electron chi connectivity index (χ4n) is 2.85. The van der Waals surface area contributed by atoms with Gasteiger partial charge in [0, 0.05) is 18.3 Å². The maximum atomic E-state index is 11.9. The molecule has 1 N–H and O–H groups in total. The van der Waals surface area contributed by atoms with E-state index in [2.05, 4.69) is 17.4 Å². The molecule has 0 aliphatic carbocycles. The van der Waals surface area contributed by atoms with Crippen molar-refractivity contribution in [2.75, 3.05) is 18.0 Å². The summed E-state index contributed by atoms with van der Waals surface area (Å²) in [4.78, 5) is 13.9. The Morgan fingerprint density at radius 3 is 3.06 bits per heavy atom. The minimum Gasteiger partial charge on any atom is -0.314 e. The van der Waals surface area contributed by atoms with E-state index in [0.717, 1.165) is 25.2 Å². The molecule has 1 atom stereocenters. The maximum absolute atomic E-state index is 11.9. The van der Waals surface area contributed by atoms with E-state index < -0.39 is 0 Å². The van der Waals surface area contributed by atoms with Gasteiger partial charge in [-0.1, -0.05) is 18.2 Å². The highest BCUT2D eigenvalue weighted by Crippen LogP contribution is 2.28. The fourth-order valence-corrected chi connectivity index (χ4v) is 2.85. The van der Waals surface area contributed by atoms with Crippen LogP contribution in [0.2, 0.25) is 0 Å². The summed E-state index contributed by atoms with van der Waals surface area (Å²) in [7, 11) is 0. The van der Waals surface area contributed by atoms with Crippen LogP contribution < -0.4 is 10.2 Å². The average molecular weight is 230 g/mol. The molecule has 1 aromatic carbocycles. The number of nitrogens with one attached hydrogen (secondary N) is 1. The van der Waals surface area contributed by atoms with E-state index in [0.29, 0.717) is 12.5 Å². The summed E-state index contributed by atoms with van der Waals surface area (Å²) in [5, 5.41) is 3.48. The molecule has 1 aromatic rings. The fraction of sp³-hybridized carbons (Fsp3) is 0.500. The first-order valence-corrected chi connectivity index (χ1v) is 6.46. The molecule has 0 aromatic heterocycles. The van der Waals surface area contributed by atoms with Crippen molar-refractivity contribution >= 4 is 11.6 Å². The van der Waals surface area contributed by atoms with Gasteiger partial charge in [-0.25, -0.2) is 0 Å². The second-order valence-electron chi connectivity index (χ2n) is 4.93. The predicted molar refractivity (Wildman–Crippen MR) is 68.1 cm³/mol. The molecule has 17 heavy (non-hydrogen) atoms. The van der Waals surface area contributed by atoms with Crippen LogP contribution in [0.4, 0.5) is 5.69 Å². The number of anilines is 1. The van der Waals surface area contributed by atoms with Crippen LogP contribution in [0.5, 0.6) is 0 Å². The second kappa shape index (κ2) is 4.49. The molecule has 1 fully saturated rings. The Hall–Kier alpha value is -1.35. The first kappa shape index (κ1) is 10.8. The van der Waals surface area contributed by atoms with E-state index in [-0.39, 0.29) is 5.91 Å². The minimum atomic E-state index is 0.254. The number of para-hydroxylation sites is 1. The molecule has 0 saturated carbocycles. The van der Waals surface area contributed by atoms with Gasteiger partial charge < -0.3 is 10.2 Å². The maximum Gasteiger partial charge on any atom is 0.231 e. The highest BCUT2D eigenvalue weighted by molar-refractivity contribution is 6.01. The number of hydrogen-bond donors (Lipinski definition) is 1. The second-order valence-corrected chi connectivity index (χ2v) is 4.93. The number of hydrogen-bond acceptors (Lipinski definition) is 2. The van der Waals surface area contributed by atoms with Crippen LogP contribution in [0, 0.1) is 0 Å². The van der Waals surface area contributed by atoms with Crippen LogP contribution in [0.3, 0.4) is 0 Å². The zero-order valence-corrected chi connectivity index (χ0v) is 9.98. The number of nitrogens with zero attached hydrogens (tertiary/aromatic N) is 1. The van der Waals surface area contributed by atoms with Gasteiger partial charge in [-0.15, -0.1) is 0 Å². The van der Waals surface area contributed by atoms with Crippen molar-refractivity contribution in [3.05, 3.63) is 29.8 Å². The Kier molecular flexibility index (Phi) is 2.85. The van der Waals surface area contributed by atoms with Crippen LogP contribution in [-0.4, -0.2) is 25.0 Å². The molecule has 90 valence electrons. The average Bonchev–Trinajstić information content (AvgIpc) is 2.93. The topological polar surface area (TPSA) is 32.3 Å². The smallest absolute Gasteiger partial charge is 0.231 e. The lowest BCUT2D eigenvalue weighted by Gasteiger charge is -2.19. The third-order valence-electron chi connectivity index (χ3n) is 3.79. The van der Waals surface area contributed by atoms with Crippen LogP contribution in [0.25, 0.3) is 0 Å². The molecule has 2 aliphatic heterocycles. The lowest BCUT2D eigenvalue weighted by atomic mass is 10.1. The number of carbonyl (C=O) groups excluding carboxylic acids is 1. The SMILES string of the molecule is O=C1Cc2ccccc2N1CCC1CCCN1. The quantitative estimate of drug-likeness (QED) is 0.857. The van der Waals surface area contributed by atoms with Crippen LogP contribution in [-0.2, 0) is 11.2 Å². The minimum absolute atomic E-state index is 0.254. The standard InChI is InChI=1S/C14H18N2O/c17-14-10-11-4-1-2-6-13(11)16(14)9-7-12-5-3-8-15-12/h1-2,4,6,12,15H,3,5,7-10H2. The zero-order chi connectivity index (χ0) is 11.7. The zero-order valence-electron chi connectivity index (χ0n) is 9.98. The number of carbonyl (C=O) groups is 1. The first-order valence-electron chi connectivity index (χ1n) is 6.46. The van der Waals surface area contributed by atoms with Crippen molar-refractivity contribution in [2.45, 2.75) is 31.7 Å². The Bertz CT molecular complexity index is 424. The molecule has 1 saturated heterocycles. The Labute approximate surface area is 102 Å². The molecule has 2 aliphatic rings. The van der Waals surface area contributed by atoms with Crippen LogP contribution >= 0.6 is 0 Å². The van der Waals surface area contributed by atoms with Gasteiger partial charge in [0.2, 0.25) is 5.91 Å². The van der Waals surface area contributed by atoms with E-state index in [4.69, 9.17) is 0 Å². The van der Waals surface area contributed by atoms with Crippen molar-refractivity contribution in [1.82, 2.24) is 5.32 Å². The van der Waals surface area contributed by atoms with E-state index in [9.17, 15) is 4.79 Å². The summed E-state index contributed by atoms with van der Waals surface area (Å²) < 4.78 is 0. The van der Waals surface area contributed by atoms with Gasteiger partial charge in [0.1, 0.15) is 0 Å². The molecule has 3 heteroatoms. The number of rotatable bonds is 3. The van der Waals surface area contributed by atoms with E-state index in [1.165, 1.54) is 18.4 Å². The van der Waals surface area contributed by atoms with Gasteiger partial charge in [-0.05, 0) is 37.4 Å². The van der Waals surface area contributed by atoms with E-state index >= 15 is 0 Å². The van der Waals surface area contributed by atoms with Crippen molar-refractivity contribution in [3.8, 4) is 0 Å². The molecule has 1 amide bonds. The molecular formula is C14H18N2O. The van der Waals surface area contributed by atoms with Crippen molar-refractivity contribution in [2.24, 2.45) is 0 Å². The van der Waals surface area contributed by atoms with Crippen LogP contribution in [0.15, 0.2) is 24.3 Å². The third kappa shape index (κ3) is 2.07. The Morgan fingerprint density at radius 1 is 1.35 bits per heavy atom. The molecule has 2 heterocycles. The lowest BCUT2D eigenvalue weighted by molar-refractivity contribution is -0.117. The van der Waals surface area contributed by atoms with Crippen molar-refractivity contribution in [1.29, 1.82) is 0 Å². The Balaban J connectivity index is 1.68. The summed E-state index contributed by atoms with van der Waals surface area (Å²) in [6.07, 6.45) is 4.17. The molecule has 0 radical (unpaired) electrons. The summed E-state index contributed by atoms with van der Waals surface area (Å²) in [6.45, 7) is 1.99. The summed E-state index contributed by atoms with van der Waals surface area (Å²) in [5.74, 6) is 0.254. The van der Waals surface area contributed by atoms with Gasteiger partial charge in [0.05, 0.1) is 6.42 Å². The predicted octanol–water partition coefficient (Wildman–Crippen LogP) is 1.72. The van der Waals surface area contributed by atoms with E-state index in [1.54, 1.807) is 0 Å². The molecular weight excluding hydrogens is 212 g/mol. The molecule has 0 spiro atoms. The highest BCUT2D eigenvalue weighted by Gasteiger charge is 2.27. The number of fused-ring (bicyclic) bond motifs is 1. The normalized spacial score (nSPS) is 23.2. The molecule has 1 unspecified atom stereocenters. The largest absolute Gasteiger partial charge is 0.314 e.